The van der Waals surface area contributed by atoms with Gasteiger partial charge >= 0.3 is 5.97 Å². The third kappa shape index (κ3) is 4.58. The Hall–Kier alpha value is -0.610. The zero-order valence-corrected chi connectivity index (χ0v) is 8.95. The number of carbonyl (C=O) groups is 1. The molecular formula is C10H20O4. The molecule has 0 atom stereocenters. The van der Waals surface area contributed by atoms with E-state index >= 15 is 0 Å². The van der Waals surface area contributed by atoms with Gasteiger partial charge < -0.3 is 14.9 Å². The number of carboxylic acids is 1. The summed E-state index contributed by atoms with van der Waals surface area (Å²) in [6.07, 6.45) is 2.18. The van der Waals surface area contributed by atoms with E-state index < -0.39 is 5.97 Å². The molecule has 0 amide bonds. The molecule has 0 bridgehead atoms. The van der Waals surface area contributed by atoms with E-state index in [4.69, 9.17) is 14.9 Å². The standard InChI is InChI=1S/C10H20O4/c1-3-10(4-2,14-8-7-11)6-5-9(12)13/h11H,3-8H2,1-2H3,(H,12,13). The van der Waals surface area contributed by atoms with Crippen LogP contribution < -0.4 is 0 Å². The molecule has 0 fully saturated rings. The van der Waals surface area contributed by atoms with Crippen molar-refractivity contribution in [2.45, 2.75) is 45.1 Å². The fourth-order valence-corrected chi connectivity index (χ4v) is 1.48. The average molecular weight is 204 g/mol. The van der Waals surface area contributed by atoms with Crippen molar-refractivity contribution in [2.75, 3.05) is 13.2 Å². The van der Waals surface area contributed by atoms with Crippen LogP contribution in [0, 0.1) is 0 Å². The van der Waals surface area contributed by atoms with Crippen molar-refractivity contribution in [3.63, 3.8) is 0 Å². The van der Waals surface area contributed by atoms with Gasteiger partial charge in [0, 0.05) is 6.42 Å². The number of aliphatic hydroxyl groups excluding tert-OH is 1. The van der Waals surface area contributed by atoms with Gasteiger partial charge in [-0.25, -0.2) is 0 Å². The average Bonchev–Trinajstić information content (AvgIpc) is 2.19. The van der Waals surface area contributed by atoms with E-state index in [1.165, 1.54) is 0 Å². The van der Waals surface area contributed by atoms with Gasteiger partial charge in [-0.3, -0.25) is 4.79 Å². The summed E-state index contributed by atoms with van der Waals surface area (Å²) in [5.41, 5.74) is -0.374. The zero-order chi connectivity index (χ0) is 11.0. The summed E-state index contributed by atoms with van der Waals surface area (Å²) in [6, 6.07) is 0. The first-order chi connectivity index (χ1) is 6.60. The highest BCUT2D eigenvalue weighted by Gasteiger charge is 2.27. The highest BCUT2D eigenvalue weighted by Crippen LogP contribution is 2.26. The summed E-state index contributed by atoms with van der Waals surface area (Å²) in [4.78, 5) is 10.4. The van der Waals surface area contributed by atoms with Gasteiger partial charge in [-0.15, -0.1) is 0 Å². The molecule has 2 N–H and O–H groups in total. The van der Waals surface area contributed by atoms with E-state index in [9.17, 15) is 4.79 Å². The van der Waals surface area contributed by atoms with E-state index in [1.54, 1.807) is 0 Å². The smallest absolute Gasteiger partial charge is 0.303 e. The van der Waals surface area contributed by atoms with Crippen molar-refractivity contribution in [3.8, 4) is 0 Å². The Morgan fingerprint density at radius 1 is 1.36 bits per heavy atom. The Kier molecular flexibility index (Phi) is 6.49. The zero-order valence-electron chi connectivity index (χ0n) is 8.95. The lowest BCUT2D eigenvalue weighted by molar-refractivity contribution is -0.139. The topological polar surface area (TPSA) is 66.8 Å². The maximum atomic E-state index is 10.4. The summed E-state index contributed by atoms with van der Waals surface area (Å²) >= 11 is 0. The first-order valence-corrected chi connectivity index (χ1v) is 5.07. The molecule has 14 heavy (non-hydrogen) atoms. The lowest BCUT2D eigenvalue weighted by Gasteiger charge is -2.31. The molecule has 0 heterocycles. The lowest BCUT2D eigenvalue weighted by Crippen LogP contribution is -2.33. The highest BCUT2D eigenvalue weighted by atomic mass is 16.5. The summed E-state index contributed by atoms with van der Waals surface area (Å²) in [6.45, 7) is 4.21. The molecule has 0 aromatic heterocycles. The van der Waals surface area contributed by atoms with Crippen LogP contribution in [0.15, 0.2) is 0 Å². The van der Waals surface area contributed by atoms with Crippen LogP contribution in [-0.2, 0) is 9.53 Å². The van der Waals surface area contributed by atoms with Crippen LogP contribution in [0.2, 0.25) is 0 Å². The van der Waals surface area contributed by atoms with Crippen LogP contribution >= 0.6 is 0 Å². The first-order valence-electron chi connectivity index (χ1n) is 5.07. The monoisotopic (exact) mass is 204 g/mol. The number of aliphatic carboxylic acids is 1. The molecule has 0 rings (SSSR count). The fourth-order valence-electron chi connectivity index (χ4n) is 1.48. The van der Waals surface area contributed by atoms with Gasteiger partial charge in [0.15, 0.2) is 0 Å². The van der Waals surface area contributed by atoms with E-state index in [1.807, 2.05) is 13.8 Å². The minimum Gasteiger partial charge on any atom is -0.481 e. The van der Waals surface area contributed by atoms with Crippen molar-refractivity contribution in [1.82, 2.24) is 0 Å². The number of carboxylic acid groups (broad SMARTS) is 1. The Labute approximate surface area is 84.9 Å². The number of hydrogen-bond acceptors (Lipinski definition) is 3. The lowest BCUT2D eigenvalue weighted by atomic mass is 9.91. The summed E-state index contributed by atoms with van der Waals surface area (Å²) < 4.78 is 5.51. The molecule has 0 aromatic rings. The minimum atomic E-state index is -0.802. The van der Waals surface area contributed by atoms with Gasteiger partial charge in [0.1, 0.15) is 0 Å². The van der Waals surface area contributed by atoms with Crippen molar-refractivity contribution in [1.29, 1.82) is 0 Å². The largest absolute Gasteiger partial charge is 0.481 e. The minimum absolute atomic E-state index is 0.0190. The Morgan fingerprint density at radius 2 is 1.93 bits per heavy atom. The number of rotatable bonds is 8. The summed E-state index contributed by atoms with van der Waals surface area (Å²) in [5, 5.41) is 17.2. The molecule has 0 aliphatic rings. The van der Waals surface area contributed by atoms with E-state index in [2.05, 4.69) is 0 Å². The molecule has 0 unspecified atom stereocenters. The van der Waals surface area contributed by atoms with E-state index in [-0.39, 0.29) is 25.2 Å². The second kappa shape index (κ2) is 6.79. The van der Waals surface area contributed by atoms with Crippen molar-refractivity contribution >= 4 is 5.97 Å². The van der Waals surface area contributed by atoms with E-state index in [0.717, 1.165) is 12.8 Å². The highest BCUT2D eigenvalue weighted by molar-refractivity contribution is 5.66. The third-order valence-corrected chi connectivity index (χ3v) is 2.58. The molecule has 0 saturated carbocycles. The molecule has 0 aromatic carbocycles. The van der Waals surface area contributed by atoms with Crippen LogP contribution in [0.1, 0.15) is 39.5 Å². The summed E-state index contributed by atoms with van der Waals surface area (Å²) in [7, 11) is 0. The molecule has 0 aliphatic carbocycles. The predicted molar refractivity (Wildman–Crippen MR) is 53.2 cm³/mol. The van der Waals surface area contributed by atoms with E-state index in [0.29, 0.717) is 6.42 Å². The van der Waals surface area contributed by atoms with Crippen LogP contribution in [0.5, 0.6) is 0 Å². The third-order valence-electron chi connectivity index (χ3n) is 2.58. The van der Waals surface area contributed by atoms with Crippen molar-refractivity contribution in [3.05, 3.63) is 0 Å². The molecule has 0 aliphatic heterocycles. The van der Waals surface area contributed by atoms with Crippen LogP contribution in [0.3, 0.4) is 0 Å². The summed E-state index contributed by atoms with van der Waals surface area (Å²) in [5.74, 6) is -0.802. The molecule has 0 saturated heterocycles. The Bertz CT molecular complexity index is 164. The van der Waals surface area contributed by atoms with Gasteiger partial charge in [-0.2, -0.15) is 0 Å². The molecule has 84 valence electrons. The first kappa shape index (κ1) is 13.4. The molecular weight excluding hydrogens is 184 g/mol. The van der Waals surface area contributed by atoms with Gasteiger partial charge in [0.25, 0.3) is 0 Å². The second-order valence-corrected chi connectivity index (χ2v) is 3.36. The molecule has 0 radical (unpaired) electrons. The number of hydrogen-bond donors (Lipinski definition) is 2. The SMILES string of the molecule is CCC(CC)(CCC(=O)O)OCCO. The number of aliphatic hydroxyl groups is 1. The van der Waals surface area contributed by atoms with Crippen molar-refractivity contribution < 1.29 is 19.7 Å². The fraction of sp³-hybridized carbons (Fsp3) is 0.900. The maximum Gasteiger partial charge on any atom is 0.303 e. The van der Waals surface area contributed by atoms with Gasteiger partial charge in [0.2, 0.25) is 0 Å². The predicted octanol–water partition coefficient (Wildman–Crippen LogP) is 1.42. The molecule has 4 nitrogen and oxygen atoms in total. The van der Waals surface area contributed by atoms with Crippen LogP contribution in [0.4, 0.5) is 0 Å². The van der Waals surface area contributed by atoms with Gasteiger partial charge in [-0.1, -0.05) is 13.8 Å². The molecule has 4 heteroatoms. The van der Waals surface area contributed by atoms with Gasteiger partial charge in [0.05, 0.1) is 18.8 Å². The molecule has 0 spiro atoms. The second-order valence-electron chi connectivity index (χ2n) is 3.36. The normalized spacial score (nSPS) is 11.6. The Balaban J connectivity index is 4.13. The van der Waals surface area contributed by atoms with Crippen LogP contribution in [-0.4, -0.2) is 35.0 Å². The Morgan fingerprint density at radius 3 is 2.29 bits per heavy atom. The quantitative estimate of drug-likeness (QED) is 0.627. The van der Waals surface area contributed by atoms with Gasteiger partial charge in [-0.05, 0) is 19.3 Å². The van der Waals surface area contributed by atoms with Crippen molar-refractivity contribution in [2.24, 2.45) is 0 Å². The van der Waals surface area contributed by atoms with Crippen LogP contribution in [0.25, 0.3) is 0 Å². The maximum absolute atomic E-state index is 10.4. The number of ether oxygens (including phenoxy) is 1.